The Morgan fingerprint density at radius 3 is 1.84 bits per heavy atom. The third-order valence-corrected chi connectivity index (χ3v) is 7.62. The largest absolute Gasteiger partial charge is 0.497 e. The lowest BCUT2D eigenvalue weighted by molar-refractivity contribution is -0.130. The summed E-state index contributed by atoms with van der Waals surface area (Å²) in [6.45, 7) is 0.0287. The van der Waals surface area contributed by atoms with Crippen LogP contribution in [0.2, 0.25) is 0 Å². The highest BCUT2D eigenvalue weighted by Crippen LogP contribution is 2.30. The highest BCUT2D eigenvalue weighted by atomic mass is 16.5. The molecule has 10 nitrogen and oxygen atoms in total. The molecule has 3 amide bonds. The SMILES string of the molecule is COc1ccc(C[C@H](NC(=O)[C@H](Cc2ccccc2)NC(=O)OCc2ccccc2)C(=O)N[C@H](B(O)O)C2CCC2)cc1. The van der Waals surface area contributed by atoms with Gasteiger partial charge in [0.05, 0.1) is 13.1 Å². The summed E-state index contributed by atoms with van der Waals surface area (Å²) in [5, 5.41) is 28.1. The number of alkyl carbamates (subject to hydrolysis) is 1. The van der Waals surface area contributed by atoms with Crippen LogP contribution in [0.1, 0.15) is 36.0 Å². The van der Waals surface area contributed by atoms with Gasteiger partial charge in [-0.3, -0.25) is 9.59 Å². The van der Waals surface area contributed by atoms with Crippen LogP contribution in [0.4, 0.5) is 4.79 Å². The summed E-state index contributed by atoms with van der Waals surface area (Å²) in [5.41, 5.74) is 2.35. The molecule has 3 aromatic carbocycles. The van der Waals surface area contributed by atoms with Crippen molar-refractivity contribution in [2.45, 2.75) is 56.7 Å². The molecule has 0 bridgehead atoms. The molecule has 1 fully saturated rings. The molecule has 0 radical (unpaired) electrons. The fourth-order valence-electron chi connectivity index (χ4n) is 4.94. The summed E-state index contributed by atoms with van der Waals surface area (Å²) in [6.07, 6.45) is 1.99. The minimum atomic E-state index is -1.74. The Morgan fingerprint density at radius 2 is 1.30 bits per heavy atom. The quantitative estimate of drug-likeness (QED) is 0.182. The lowest BCUT2D eigenvalue weighted by Crippen LogP contribution is -2.60. The molecule has 0 heterocycles. The van der Waals surface area contributed by atoms with E-state index < -0.39 is 43.1 Å². The number of carbonyl (C=O) groups is 3. The van der Waals surface area contributed by atoms with Crippen LogP contribution in [-0.4, -0.2) is 60.2 Å². The topological polar surface area (TPSA) is 146 Å². The number of benzene rings is 3. The molecule has 3 aromatic rings. The Kier molecular flexibility index (Phi) is 11.6. The highest BCUT2D eigenvalue weighted by Gasteiger charge is 2.38. The Morgan fingerprint density at radius 1 is 0.767 bits per heavy atom. The zero-order valence-electron chi connectivity index (χ0n) is 24.1. The van der Waals surface area contributed by atoms with Gasteiger partial charge in [-0.25, -0.2) is 4.79 Å². The molecular weight excluding hydrogens is 549 g/mol. The van der Waals surface area contributed by atoms with Crippen LogP contribution in [0.25, 0.3) is 0 Å². The Hall–Kier alpha value is -4.35. The van der Waals surface area contributed by atoms with E-state index in [1.165, 1.54) is 0 Å². The Bertz CT molecular complexity index is 1320. The Balaban J connectivity index is 1.51. The maximum atomic E-state index is 13.7. The normalized spacial score (nSPS) is 14.8. The van der Waals surface area contributed by atoms with Gasteiger partial charge in [0.1, 0.15) is 24.4 Å². The molecule has 0 unspecified atom stereocenters. The van der Waals surface area contributed by atoms with Crippen molar-refractivity contribution in [3.05, 3.63) is 102 Å². The zero-order chi connectivity index (χ0) is 30.6. The van der Waals surface area contributed by atoms with E-state index in [0.29, 0.717) is 5.75 Å². The molecule has 43 heavy (non-hydrogen) atoms. The van der Waals surface area contributed by atoms with E-state index >= 15 is 0 Å². The van der Waals surface area contributed by atoms with Crippen LogP contribution in [-0.2, 0) is 33.8 Å². The fourth-order valence-corrected chi connectivity index (χ4v) is 4.94. The van der Waals surface area contributed by atoms with E-state index in [1.807, 2.05) is 60.7 Å². The van der Waals surface area contributed by atoms with Gasteiger partial charge in [-0.1, -0.05) is 79.2 Å². The lowest BCUT2D eigenvalue weighted by Gasteiger charge is -2.34. The van der Waals surface area contributed by atoms with Crippen LogP contribution in [0.5, 0.6) is 5.75 Å². The minimum absolute atomic E-state index is 0.0287. The summed E-state index contributed by atoms with van der Waals surface area (Å²) < 4.78 is 10.6. The molecule has 3 atom stereocenters. The third kappa shape index (κ3) is 9.59. The molecule has 1 saturated carbocycles. The van der Waals surface area contributed by atoms with E-state index in [9.17, 15) is 24.4 Å². The third-order valence-electron chi connectivity index (χ3n) is 7.62. The van der Waals surface area contributed by atoms with Gasteiger partial charge in [0.25, 0.3) is 0 Å². The highest BCUT2D eigenvalue weighted by molar-refractivity contribution is 6.43. The lowest BCUT2D eigenvalue weighted by atomic mass is 9.64. The number of hydrogen-bond donors (Lipinski definition) is 5. The van der Waals surface area contributed by atoms with Crippen LogP contribution in [0.3, 0.4) is 0 Å². The second kappa shape index (κ2) is 15.8. The van der Waals surface area contributed by atoms with Crippen molar-refractivity contribution in [3.8, 4) is 5.75 Å². The molecule has 1 aliphatic rings. The van der Waals surface area contributed by atoms with Gasteiger partial charge < -0.3 is 35.5 Å². The molecule has 11 heteroatoms. The summed E-state index contributed by atoms with van der Waals surface area (Å²) in [6, 6.07) is 23.3. The first-order valence-electron chi connectivity index (χ1n) is 14.4. The van der Waals surface area contributed by atoms with Gasteiger partial charge in [-0.2, -0.15) is 0 Å². The minimum Gasteiger partial charge on any atom is -0.497 e. The number of carbonyl (C=O) groups excluding carboxylic acids is 3. The number of hydrogen-bond acceptors (Lipinski definition) is 7. The predicted octanol–water partition coefficient (Wildman–Crippen LogP) is 2.56. The predicted molar refractivity (Wildman–Crippen MR) is 162 cm³/mol. The average molecular weight is 587 g/mol. The summed E-state index contributed by atoms with van der Waals surface area (Å²) >= 11 is 0. The molecule has 226 valence electrons. The molecular formula is C32H38BN3O7. The number of rotatable bonds is 14. The molecule has 0 spiro atoms. The number of ether oxygens (including phenoxy) is 2. The molecule has 4 rings (SSSR count). The number of amides is 3. The van der Waals surface area contributed by atoms with E-state index in [-0.39, 0.29) is 25.4 Å². The number of methoxy groups -OCH3 is 1. The van der Waals surface area contributed by atoms with E-state index in [0.717, 1.165) is 36.0 Å². The maximum absolute atomic E-state index is 13.7. The van der Waals surface area contributed by atoms with Gasteiger partial charge in [-0.05, 0) is 47.6 Å². The first-order valence-corrected chi connectivity index (χ1v) is 14.4. The van der Waals surface area contributed by atoms with Crippen molar-refractivity contribution < 1.29 is 33.9 Å². The summed E-state index contributed by atoms with van der Waals surface area (Å²) in [4.78, 5) is 40.0. The Labute approximate surface area is 251 Å². The van der Waals surface area contributed by atoms with Crippen LogP contribution >= 0.6 is 0 Å². The van der Waals surface area contributed by atoms with Crippen LogP contribution < -0.4 is 20.7 Å². The van der Waals surface area contributed by atoms with Gasteiger partial charge >= 0.3 is 13.2 Å². The van der Waals surface area contributed by atoms with E-state index in [4.69, 9.17) is 9.47 Å². The second-order valence-corrected chi connectivity index (χ2v) is 10.7. The smallest absolute Gasteiger partial charge is 0.475 e. The van der Waals surface area contributed by atoms with Gasteiger partial charge in [0.15, 0.2) is 0 Å². The first kappa shape index (κ1) is 31.6. The monoisotopic (exact) mass is 587 g/mol. The van der Waals surface area contributed by atoms with Crippen LogP contribution in [0.15, 0.2) is 84.9 Å². The maximum Gasteiger partial charge on any atom is 0.475 e. The van der Waals surface area contributed by atoms with Gasteiger partial charge in [0, 0.05) is 12.8 Å². The van der Waals surface area contributed by atoms with Crippen molar-refractivity contribution in [3.63, 3.8) is 0 Å². The molecule has 5 N–H and O–H groups in total. The van der Waals surface area contributed by atoms with Crippen molar-refractivity contribution in [1.29, 1.82) is 0 Å². The second-order valence-electron chi connectivity index (χ2n) is 10.7. The average Bonchev–Trinajstić information content (AvgIpc) is 2.99. The first-order chi connectivity index (χ1) is 20.8. The summed E-state index contributed by atoms with van der Waals surface area (Å²) in [7, 11) is -0.185. The molecule has 1 aliphatic carbocycles. The van der Waals surface area contributed by atoms with Gasteiger partial charge in [-0.15, -0.1) is 0 Å². The zero-order valence-corrected chi connectivity index (χ0v) is 24.1. The standard InChI is InChI=1S/C32H38BN3O7/c1-42-26-17-15-23(16-18-26)20-27(31(38)36-29(33(40)41)25-13-8-14-25)34-30(37)28(19-22-9-4-2-5-10-22)35-32(39)43-21-24-11-6-3-7-12-24/h2-7,9-12,15-18,25,27-29,40-41H,8,13-14,19-21H2,1H3,(H,34,37)(H,35,39)(H,36,38)/t27-,28-,29-/m0/s1. The van der Waals surface area contributed by atoms with Crippen molar-refractivity contribution in [1.82, 2.24) is 16.0 Å². The molecule has 0 aromatic heterocycles. The van der Waals surface area contributed by atoms with Crippen molar-refractivity contribution in [2.24, 2.45) is 5.92 Å². The molecule has 0 aliphatic heterocycles. The molecule has 0 saturated heterocycles. The fraction of sp³-hybridized carbons (Fsp3) is 0.344. The van der Waals surface area contributed by atoms with Crippen LogP contribution in [0, 0.1) is 5.92 Å². The van der Waals surface area contributed by atoms with E-state index in [2.05, 4.69) is 16.0 Å². The summed E-state index contributed by atoms with van der Waals surface area (Å²) in [5.74, 6) is -1.42. The van der Waals surface area contributed by atoms with Crippen molar-refractivity contribution in [2.75, 3.05) is 7.11 Å². The van der Waals surface area contributed by atoms with E-state index in [1.54, 1.807) is 31.4 Å². The van der Waals surface area contributed by atoms with Crippen molar-refractivity contribution >= 4 is 25.0 Å². The van der Waals surface area contributed by atoms with Gasteiger partial charge in [0.2, 0.25) is 11.8 Å². The number of nitrogens with one attached hydrogen (secondary N) is 3.